The van der Waals surface area contributed by atoms with Crippen molar-refractivity contribution >= 4 is 11.6 Å². The van der Waals surface area contributed by atoms with Gasteiger partial charge in [0.25, 0.3) is 0 Å². The molecule has 1 fully saturated rings. The number of halogens is 1. The lowest BCUT2D eigenvalue weighted by Crippen LogP contribution is -2.17. The molecule has 15 heavy (non-hydrogen) atoms. The molecule has 0 aromatic heterocycles. The summed E-state index contributed by atoms with van der Waals surface area (Å²) in [6.45, 7) is 0. The van der Waals surface area contributed by atoms with E-state index in [1.165, 1.54) is 24.8 Å². The van der Waals surface area contributed by atoms with Gasteiger partial charge >= 0.3 is 0 Å². The van der Waals surface area contributed by atoms with Crippen LogP contribution in [0.15, 0.2) is 24.3 Å². The lowest BCUT2D eigenvalue weighted by molar-refractivity contribution is 0.413. The zero-order chi connectivity index (χ0) is 10.7. The van der Waals surface area contributed by atoms with Gasteiger partial charge in [0.2, 0.25) is 0 Å². The fourth-order valence-corrected chi connectivity index (χ4v) is 2.74. The molecule has 0 aliphatic heterocycles. The summed E-state index contributed by atoms with van der Waals surface area (Å²) in [5.74, 6) is 1.45. The Morgan fingerprint density at radius 2 is 1.80 bits per heavy atom. The molecule has 2 heteroatoms. The number of alkyl halides is 1. The third-order valence-corrected chi connectivity index (χ3v) is 3.75. The van der Waals surface area contributed by atoms with E-state index in [2.05, 4.69) is 12.1 Å². The van der Waals surface area contributed by atoms with Gasteiger partial charge in [-0.1, -0.05) is 25.0 Å². The van der Waals surface area contributed by atoms with Crippen molar-refractivity contribution in [2.45, 2.75) is 37.0 Å². The lowest BCUT2D eigenvalue weighted by Gasteiger charge is -2.27. The van der Waals surface area contributed by atoms with Gasteiger partial charge in [0.1, 0.15) is 5.75 Å². The monoisotopic (exact) mass is 224 g/mol. The summed E-state index contributed by atoms with van der Waals surface area (Å²) in [6, 6.07) is 8.33. The molecule has 0 radical (unpaired) electrons. The molecule has 82 valence electrons. The Hall–Kier alpha value is -0.690. The first-order chi connectivity index (χ1) is 7.31. The van der Waals surface area contributed by atoms with Crippen molar-refractivity contribution in [1.82, 2.24) is 0 Å². The maximum Gasteiger partial charge on any atom is 0.118 e. The largest absolute Gasteiger partial charge is 0.497 e. The van der Waals surface area contributed by atoms with E-state index in [0.29, 0.717) is 11.3 Å². The average molecular weight is 225 g/mol. The molecule has 0 N–H and O–H groups in total. The van der Waals surface area contributed by atoms with E-state index in [4.69, 9.17) is 16.3 Å². The summed E-state index contributed by atoms with van der Waals surface area (Å²) in [4.78, 5) is 0. The van der Waals surface area contributed by atoms with E-state index in [1.807, 2.05) is 12.1 Å². The number of hydrogen-bond donors (Lipinski definition) is 0. The highest BCUT2D eigenvalue weighted by atomic mass is 35.5. The highest BCUT2D eigenvalue weighted by Gasteiger charge is 2.24. The van der Waals surface area contributed by atoms with Gasteiger partial charge in [0, 0.05) is 11.3 Å². The highest BCUT2D eigenvalue weighted by Crippen LogP contribution is 2.36. The molecule has 1 aromatic rings. The van der Waals surface area contributed by atoms with Crippen molar-refractivity contribution in [3.63, 3.8) is 0 Å². The van der Waals surface area contributed by atoms with Crippen LogP contribution in [-0.4, -0.2) is 12.5 Å². The smallest absolute Gasteiger partial charge is 0.118 e. The van der Waals surface area contributed by atoms with Gasteiger partial charge in [0.15, 0.2) is 0 Å². The van der Waals surface area contributed by atoms with Crippen LogP contribution in [0.4, 0.5) is 0 Å². The van der Waals surface area contributed by atoms with Crippen molar-refractivity contribution in [3.05, 3.63) is 29.8 Å². The van der Waals surface area contributed by atoms with E-state index in [0.717, 1.165) is 12.2 Å². The Kier molecular flexibility index (Phi) is 3.53. The molecular formula is C13H17ClO. The van der Waals surface area contributed by atoms with Crippen LogP contribution in [0.25, 0.3) is 0 Å². The summed E-state index contributed by atoms with van der Waals surface area (Å²) < 4.78 is 5.15. The third kappa shape index (κ3) is 2.46. The molecule has 1 aromatic carbocycles. The quantitative estimate of drug-likeness (QED) is 0.691. The van der Waals surface area contributed by atoms with Crippen LogP contribution in [0.2, 0.25) is 0 Å². The molecule has 1 aliphatic carbocycles. The maximum absolute atomic E-state index is 6.36. The summed E-state index contributed by atoms with van der Waals surface area (Å²) in [5, 5.41) is 0.312. The minimum absolute atomic E-state index is 0.312. The summed E-state index contributed by atoms with van der Waals surface area (Å²) in [6.07, 6.45) is 4.96. The number of benzene rings is 1. The molecule has 0 heterocycles. The van der Waals surface area contributed by atoms with Gasteiger partial charge in [-0.05, 0) is 30.5 Å². The second kappa shape index (κ2) is 4.89. The minimum Gasteiger partial charge on any atom is -0.497 e. The molecule has 1 saturated carbocycles. The molecule has 0 spiro atoms. The molecule has 2 rings (SSSR count). The lowest BCUT2D eigenvalue weighted by atomic mass is 9.84. The average Bonchev–Trinajstić information content (AvgIpc) is 2.30. The third-order valence-electron chi connectivity index (χ3n) is 3.23. The Labute approximate surface area is 96.4 Å². The predicted molar refractivity (Wildman–Crippen MR) is 63.8 cm³/mol. The van der Waals surface area contributed by atoms with E-state index in [1.54, 1.807) is 7.11 Å². The van der Waals surface area contributed by atoms with Crippen LogP contribution in [0.5, 0.6) is 5.75 Å². The van der Waals surface area contributed by atoms with Crippen LogP contribution >= 0.6 is 11.6 Å². The SMILES string of the molecule is COc1ccc([C@H]2CCCC[C@H]2Cl)cc1. The first-order valence-electron chi connectivity index (χ1n) is 5.59. The summed E-state index contributed by atoms with van der Waals surface area (Å²) in [7, 11) is 1.69. The van der Waals surface area contributed by atoms with Crippen LogP contribution in [0, 0.1) is 0 Å². The zero-order valence-corrected chi connectivity index (χ0v) is 9.83. The molecule has 0 bridgehead atoms. The van der Waals surface area contributed by atoms with Gasteiger partial charge < -0.3 is 4.74 Å². The van der Waals surface area contributed by atoms with Crippen molar-refractivity contribution in [3.8, 4) is 5.75 Å². The molecule has 0 saturated heterocycles. The Morgan fingerprint density at radius 3 is 2.40 bits per heavy atom. The molecule has 1 aliphatic rings. The number of methoxy groups -OCH3 is 1. The Bertz CT molecular complexity index is 307. The molecular weight excluding hydrogens is 208 g/mol. The summed E-state index contributed by atoms with van der Waals surface area (Å²) >= 11 is 6.36. The first kappa shape index (κ1) is 10.8. The molecule has 2 atom stereocenters. The van der Waals surface area contributed by atoms with E-state index >= 15 is 0 Å². The normalized spacial score (nSPS) is 26.3. The van der Waals surface area contributed by atoms with E-state index in [9.17, 15) is 0 Å². The van der Waals surface area contributed by atoms with Crippen molar-refractivity contribution in [1.29, 1.82) is 0 Å². The highest BCUT2D eigenvalue weighted by molar-refractivity contribution is 6.21. The van der Waals surface area contributed by atoms with Gasteiger partial charge in [0.05, 0.1) is 7.11 Å². The second-order valence-corrected chi connectivity index (χ2v) is 4.74. The van der Waals surface area contributed by atoms with E-state index in [-0.39, 0.29) is 0 Å². The zero-order valence-electron chi connectivity index (χ0n) is 9.08. The Morgan fingerprint density at radius 1 is 1.13 bits per heavy atom. The molecule has 0 amide bonds. The van der Waals surface area contributed by atoms with Crippen LogP contribution < -0.4 is 4.74 Å². The van der Waals surface area contributed by atoms with Crippen LogP contribution in [-0.2, 0) is 0 Å². The standard InChI is InChI=1S/C13H17ClO/c1-15-11-8-6-10(7-9-11)12-4-2-3-5-13(12)14/h6-9,12-13H,2-5H2,1H3/t12-,13-/m1/s1. The van der Waals surface area contributed by atoms with Crippen molar-refractivity contribution < 1.29 is 4.74 Å². The minimum atomic E-state index is 0.312. The van der Waals surface area contributed by atoms with Crippen molar-refractivity contribution in [2.75, 3.05) is 7.11 Å². The predicted octanol–water partition coefficient (Wildman–Crippen LogP) is 3.96. The Balaban J connectivity index is 2.13. The second-order valence-electron chi connectivity index (χ2n) is 4.18. The van der Waals surface area contributed by atoms with Gasteiger partial charge in [-0.2, -0.15) is 0 Å². The van der Waals surface area contributed by atoms with Gasteiger partial charge in [-0.3, -0.25) is 0 Å². The molecule has 1 nitrogen and oxygen atoms in total. The van der Waals surface area contributed by atoms with Crippen LogP contribution in [0.1, 0.15) is 37.2 Å². The van der Waals surface area contributed by atoms with Gasteiger partial charge in [-0.15, -0.1) is 11.6 Å². The summed E-state index contributed by atoms with van der Waals surface area (Å²) in [5.41, 5.74) is 1.36. The molecule has 0 unspecified atom stereocenters. The number of rotatable bonds is 2. The fourth-order valence-electron chi connectivity index (χ4n) is 2.31. The van der Waals surface area contributed by atoms with E-state index < -0.39 is 0 Å². The van der Waals surface area contributed by atoms with Crippen LogP contribution in [0.3, 0.4) is 0 Å². The maximum atomic E-state index is 6.36. The number of hydrogen-bond acceptors (Lipinski definition) is 1. The first-order valence-corrected chi connectivity index (χ1v) is 6.03. The topological polar surface area (TPSA) is 9.23 Å². The number of ether oxygens (including phenoxy) is 1. The van der Waals surface area contributed by atoms with Gasteiger partial charge in [-0.25, -0.2) is 0 Å². The fraction of sp³-hybridized carbons (Fsp3) is 0.538. The van der Waals surface area contributed by atoms with Crippen molar-refractivity contribution in [2.24, 2.45) is 0 Å².